The zero-order chi connectivity index (χ0) is 20.6. The Kier molecular flexibility index (Phi) is 6.90. The Balaban J connectivity index is 1.20. The van der Waals surface area contributed by atoms with Gasteiger partial charge in [0.2, 0.25) is 5.91 Å². The molecule has 4 rings (SSSR count). The van der Waals surface area contributed by atoms with Crippen LogP contribution in [0.1, 0.15) is 23.1 Å². The number of carbonyl (C=O) groups is 1. The van der Waals surface area contributed by atoms with Crippen LogP contribution in [0.3, 0.4) is 0 Å². The fourth-order valence-corrected chi connectivity index (χ4v) is 3.54. The molecular formula is C24H28N4O2. The number of hydrogen-bond donors (Lipinski definition) is 1. The van der Waals surface area contributed by atoms with Gasteiger partial charge in [0, 0.05) is 38.8 Å². The lowest BCUT2D eigenvalue weighted by molar-refractivity contribution is -0.121. The summed E-state index contributed by atoms with van der Waals surface area (Å²) in [5, 5.41) is 7.40. The van der Waals surface area contributed by atoms with E-state index in [0.717, 1.165) is 49.7 Å². The van der Waals surface area contributed by atoms with Gasteiger partial charge in [-0.05, 0) is 35.2 Å². The van der Waals surface area contributed by atoms with Gasteiger partial charge in [-0.2, -0.15) is 5.10 Å². The summed E-state index contributed by atoms with van der Waals surface area (Å²) >= 11 is 0. The first-order valence-electron chi connectivity index (χ1n) is 10.5. The molecule has 0 radical (unpaired) electrons. The number of nitrogens with zero attached hydrogens (tertiary/aromatic N) is 3. The van der Waals surface area contributed by atoms with Crippen molar-refractivity contribution >= 4 is 5.91 Å². The second-order valence-electron chi connectivity index (χ2n) is 7.61. The van der Waals surface area contributed by atoms with Crippen molar-refractivity contribution in [3.8, 4) is 5.69 Å². The Hall–Kier alpha value is -2.96. The first kappa shape index (κ1) is 20.3. The first-order chi connectivity index (χ1) is 14.8. The van der Waals surface area contributed by atoms with E-state index >= 15 is 0 Å². The molecule has 0 spiro atoms. The van der Waals surface area contributed by atoms with E-state index < -0.39 is 0 Å². The third kappa shape index (κ3) is 5.78. The highest BCUT2D eigenvalue weighted by molar-refractivity contribution is 5.76. The molecule has 6 heteroatoms. The highest BCUT2D eigenvalue weighted by Gasteiger charge is 2.10. The lowest BCUT2D eigenvalue weighted by atomic mass is 10.1. The third-order valence-corrected chi connectivity index (χ3v) is 5.32. The van der Waals surface area contributed by atoms with E-state index in [9.17, 15) is 4.79 Å². The van der Waals surface area contributed by atoms with E-state index in [1.807, 2.05) is 47.4 Å². The molecule has 0 unspecified atom stereocenters. The normalized spacial score (nSPS) is 14.5. The molecule has 0 aliphatic carbocycles. The highest BCUT2D eigenvalue weighted by Crippen LogP contribution is 2.11. The summed E-state index contributed by atoms with van der Waals surface area (Å²) < 4.78 is 7.23. The molecule has 1 aliphatic heterocycles. The quantitative estimate of drug-likeness (QED) is 0.627. The number of rotatable bonds is 8. The number of para-hydroxylation sites is 1. The molecule has 1 fully saturated rings. The molecule has 0 saturated carbocycles. The predicted octanol–water partition coefficient (Wildman–Crippen LogP) is 2.95. The smallest absolute Gasteiger partial charge is 0.220 e. The van der Waals surface area contributed by atoms with Crippen LogP contribution in [0, 0.1) is 0 Å². The Labute approximate surface area is 177 Å². The van der Waals surface area contributed by atoms with E-state index in [-0.39, 0.29) is 5.91 Å². The fraction of sp³-hybridized carbons (Fsp3) is 0.333. The van der Waals surface area contributed by atoms with Crippen LogP contribution in [-0.2, 0) is 29.0 Å². The number of carbonyl (C=O) groups excluding carboxylic acids is 1. The van der Waals surface area contributed by atoms with Gasteiger partial charge in [0.15, 0.2) is 0 Å². The number of hydrogen-bond acceptors (Lipinski definition) is 4. The lowest BCUT2D eigenvalue weighted by Gasteiger charge is -2.26. The van der Waals surface area contributed by atoms with E-state index in [1.54, 1.807) is 0 Å². The van der Waals surface area contributed by atoms with Crippen LogP contribution in [0.25, 0.3) is 5.69 Å². The minimum Gasteiger partial charge on any atom is -0.379 e. The van der Waals surface area contributed by atoms with Gasteiger partial charge in [-0.3, -0.25) is 9.69 Å². The SMILES string of the molecule is O=C(CCc1cnn(-c2ccccc2)c1)NCc1ccc(CN2CCOCC2)cc1. The number of morpholine rings is 1. The first-order valence-corrected chi connectivity index (χ1v) is 10.5. The summed E-state index contributed by atoms with van der Waals surface area (Å²) in [6.07, 6.45) is 4.94. The van der Waals surface area contributed by atoms with Gasteiger partial charge in [-0.1, -0.05) is 42.5 Å². The Morgan fingerprint density at radius 2 is 1.70 bits per heavy atom. The summed E-state index contributed by atoms with van der Waals surface area (Å²) in [6, 6.07) is 18.5. The Morgan fingerprint density at radius 3 is 2.47 bits per heavy atom. The summed E-state index contributed by atoms with van der Waals surface area (Å²) in [5.74, 6) is 0.0554. The van der Waals surface area contributed by atoms with Crippen LogP contribution in [0.2, 0.25) is 0 Å². The number of ether oxygens (including phenoxy) is 1. The van der Waals surface area contributed by atoms with Gasteiger partial charge in [0.25, 0.3) is 0 Å². The average Bonchev–Trinajstić information content (AvgIpc) is 3.28. The minimum atomic E-state index is 0.0554. The molecule has 30 heavy (non-hydrogen) atoms. The van der Waals surface area contributed by atoms with Gasteiger partial charge in [-0.25, -0.2) is 4.68 Å². The number of aromatic nitrogens is 2. The van der Waals surface area contributed by atoms with Gasteiger partial charge in [-0.15, -0.1) is 0 Å². The van der Waals surface area contributed by atoms with Gasteiger partial charge >= 0.3 is 0 Å². The third-order valence-electron chi connectivity index (χ3n) is 5.32. The maximum atomic E-state index is 12.2. The Morgan fingerprint density at radius 1 is 0.967 bits per heavy atom. The molecule has 1 aromatic heterocycles. The zero-order valence-electron chi connectivity index (χ0n) is 17.2. The second kappa shape index (κ2) is 10.2. The van der Waals surface area contributed by atoms with Gasteiger partial charge in [0.05, 0.1) is 25.1 Å². The van der Waals surface area contributed by atoms with Gasteiger partial charge < -0.3 is 10.1 Å². The number of amides is 1. The molecule has 1 N–H and O–H groups in total. The molecule has 2 heterocycles. The van der Waals surface area contributed by atoms with Crippen LogP contribution >= 0.6 is 0 Å². The largest absolute Gasteiger partial charge is 0.379 e. The number of benzene rings is 2. The van der Waals surface area contributed by atoms with Crippen molar-refractivity contribution in [2.45, 2.75) is 25.9 Å². The summed E-state index contributed by atoms with van der Waals surface area (Å²) in [4.78, 5) is 14.6. The van der Waals surface area contributed by atoms with E-state index in [2.05, 4.69) is 39.6 Å². The Bertz CT molecular complexity index is 931. The average molecular weight is 405 g/mol. The van der Waals surface area contributed by atoms with Crippen molar-refractivity contribution in [2.24, 2.45) is 0 Å². The summed E-state index contributed by atoms with van der Waals surface area (Å²) in [6.45, 7) is 5.12. The van der Waals surface area contributed by atoms with Crippen LogP contribution in [0.15, 0.2) is 67.0 Å². The van der Waals surface area contributed by atoms with Gasteiger partial charge in [0.1, 0.15) is 0 Å². The molecule has 1 aliphatic rings. The molecule has 0 bridgehead atoms. The number of aryl methyl sites for hydroxylation is 1. The predicted molar refractivity (Wildman–Crippen MR) is 116 cm³/mol. The lowest BCUT2D eigenvalue weighted by Crippen LogP contribution is -2.35. The summed E-state index contributed by atoms with van der Waals surface area (Å²) in [5.41, 5.74) is 4.49. The molecule has 1 saturated heterocycles. The van der Waals surface area contributed by atoms with Crippen molar-refractivity contribution in [3.63, 3.8) is 0 Å². The second-order valence-corrected chi connectivity index (χ2v) is 7.61. The van der Waals surface area contributed by atoms with E-state index in [1.165, 1.54) is 5.56 Å². The molecule has 156 valence electrons. The molecule has 3 aromatic rings. The van der Waals surface area contributed by atoms with E-state index in [4.69, 9.17) is 4.74 Å². The minimum absolute atomic E-state index is 0.0554. The zero-order valence-corrected chi connectivity index (χ0v) is 17.2. The standard InChI is InChI=1S/C24H28N4O2/c29-24(11-10-22-17-26-28(19-22)23-4-2-1-3-5-23)25-16-20-6-8-21(9-7-20)18-27-12-14-30-15-13-27/h1-9,17,19H,10-16,18H2,(H,25,29). The molecule has 2 aromatic carbocycles. The van der Waals surface area contributed by atoms with Crippen LogP contribution in [-0.4, -0.2) is 46.9 Å². The maximum absolute atomic E-state index is 12.2. The number of nitrogens with one attached hydrogen (secondary N) is 1. The fourth-order valence-electron chi connectivity index (χ4n) is 3.54. The monoisotopic (exact) mass is 404 g/mol. The van der Waals surface area contributed by atoms with Crippen molar-refractivity contribution in [3.05, 3.63) is 83.7 Å². The van der Waals surface area contributed by atoms with Crippen molar-refractivity contribution in [1.29, 1.82) is 0 Å². The van der Waals surface area contributed by atoms with Crippen LogP contribution in [0.5, 0.6) is 0 Å². The summed E-state index contributed by atoms with van der Waals surface area (Å²) in [7, 11) is 0. The van der Waals surface area contributed by atoms with E-state index in [0.29, 0.717) is 19.4 Å². The maximum Gasteiger partial charge on any atom is 0.220 e. The highest BCUT2D eigenvalue weighted by atomic mass is 16.5. The molecule has 1 amide bonds. The topological polar surface area (TPSA) is 59.4 Å². The van der Waals surface area contributed by atoms with Crippen LogP contribution < -0.4 is 5.32 Å². The van der Waals surface area contributed by atoms with Crippen molar-refractivity contribution in [1.82, 2.24) is 20.0 Å². The molecule has 6 nitrogen and oxygen atoms in total. The molecular weight excluding hydrogens is 376 g/mol. The molecule has 0 atom stereocenters. The van der Waals surface area contributed by atoms with Crippen LogP contribution in [0.4, 0.5) is 0 Å². The van der Waals surface area contributed by atoms with Crippen molar-refractivity contribution < 1.29 is 9.53 Å². The van der Waals surface area contributed by atoms with Crippen molar-refractivity contribution in [2.75, 3.05) is 26.3 Å².